The molecule has 0 amide bonds. The van der Waals surface area contributed by atoms with Gasteiger partial charge in [0, 0.05) is 0 Å². The van der Waals surface area contributed by atoms with Gasteiger partial charge < -0.3 is 0 Å². The van der Waals surface area contributed by atoms with E-state index in [0.717, 1.165) is 23.7 Å². The van der Waals surface area contributed by atoms with Crippen molar-refractivity contribution in [3.8, 4) is 0 Å². The van der Waals surface area contributed by atoms with E-state index < -0.39 is 0 Å². The molecule has 2 saturated carbocycles. The van der Waals surface area contributed by atoms with Crippen molar-refractivity contribution in [1.29, 1.82) is 0 Å². The first-order valence-electron chi connectivity index (χ1n) is 8.24. The Morgan fingerprint density at radius 3 is 2.44 bits per heavy atom. The van der Waals surface area contributed by atoms with E-state index in [9.17, 15) is 0 Å². The van der Waals surface area contributed by atoms with Crippen molar-refractivity contribution in [1.82, 2.24) is 0 Å². The minimum Gasteiger partial charge on any atom is -0.0882 e. The van der Waals surface area contributed by atoms with Crippen LogP contribution in [0.3, 0.4) is 0 Å². The molecule has 4 aliphatic rings. The Labute approximate surface area is 112 Å². The Hall–Kier alpha value is -0.520. The lowest BCUT2D eigenvalue weighted by Crippen LogP contribution is -2.38. The van der Waals surface area contributed by atoms with Gasteiger partial charge >= 0.3 is 0 Å². The normalized spacial score (nSPS) is 44.2. The number of rotatable bonds is 3. The number of allylic oxidation sites excluding steroid dienone is 4. The second-order valence-electron chi connectivity index (χ2n) is 7.21. The predicted octanol–water partition coefficient (Wildman–Crippen LogP) is 5.12. The fourth-order valence-electron chi connectivity index (χ4n) is 4.91. The summed E-state index contributed by atoms with van der Waals surface area (Å²) < 4.78 is 0. The number of hydrogen-bond acceptors (Lipinski definition) is 0. The SMILES string of the molecule is C1=CC(C2CC2)(C2C=CCCC2C2CC2)CCC1. The molecule has 0 aromatic rings. The summed E-state index contributed by atoms with van der Waals surface area (Å²) in [6.07, 6.45) is 23.5. The molecule has 3 unspecified atom stereocenters. The van der Waals surface area contributed by atoms with Gasteiger partial charge in [0.05, 0.1) is 0 Å². The van der Waals surface area contributed by atoms with Gasteiger partial charge in [0.15, 0.2) is 0 Å². The fourth-order valence-corrected chi connectivity index (χ4v) is 4.91. The second kappa shape index (κ2) is 4.25. The topological polar surface area (TPSA) is 0 Å². The molecule has 0 N–H and O–H groups in total. The van der Waals surface area contributed by atoms with Gasteiger partial charge in [0.1, 0.15) is 0 Å². The van der Waals surface area contributed by atoms with Crippen molar-refractivity contribution in [2.75, 3.05) is 0 Å². The van der Waals surface area contributed by atoms with Crippen molar-refractivity contribution in [2.45, 2.75) is 57.8 Å². The first kappa shape index (κ1) is 11.3. The van der Waals surface area contributed by atoms with Crippen molar-refractivity contribution in [2.24, 2.45) is 29.1 Å². The van der Waals surface area contributed by atoms with Crippen LogP contribution >= 0.6 is 0 Å². The first-order valence-corrected chi connectivity index (χ1v) is 8.24. The summed E-state index contributed by atoms with van der Waals surface area (Å²) in [6, 6.07) is 0. The molecule has 0 nitrogen and oxygen atoms in total. The van der Waals surface area contributed by atoms with E-state index in [1.54, 1.807) is 0 Å². The molecule has 0 spiro atoms. The molecule has 0 aliphatic heterocycles. The maximum atomic E-state index is 2.67. The molecular weight excluding hydrogens is 216 g/mol. The van der Waals surface area contributed by atoms with E-state index in [1.165, 1.54) is 57.8 Å². The highest BCUT2D eigenvalue weighted by molar-refractivity contribution is 5.19. The van der Waals surface area contributed by atoms with Crippen molar-refractivity contribution in [3.05, 3.63) is 24.3 Å². The zero-order chi connectivity index (χ0) is 12.0. The van der Waals surface area contributed by atoms with E-state index in [4.69, 9.17) is 0 Å². The van der Waals surface area contributed by atoms with Gasteiger partial charge in [0.2, 0.25) is 0 Å². The third-order valence-corrected chi connectivity index (χ3v) is 6.07. The fraction of sp³-hybridized carbons (Fsp3) is 0.778. The van der Waals surface area contributed by atoms with E-state index in [0.29, 0.717) is 5.41 Å². The average Bonchev–Trinajstić information content (AvgIpc) is 3.32. The molecule has 0 aromatic heterocycles. The molecule has 0 bridgehead atoms. The second-order valence-corrected chi connectivity index (χ2v) is 7.21. The standard InChI is InChI=1S/C18H26/c1-4-12-18(13-5-1,15-10-11-15)17-7-3-2-6-16(17)14-8-9-14/h3-4,7,12,14-17H,1-2,5-6,8-11,13H2. The Bertz CT molecular complexity index is 369. The Morgan fingerprint density at radius 2 is 1.78 bits per heavy atom. The lowest BCUT2D eigenvalue weighted by Gasteiger charge is -2.45. The number of hydrogen-bond donors (Lipinski definition) is 0. The van der Waals surface area contributed by atoms with Crippen LogP contribution < -0.4 is 0 Å². The molecule has 4 aliphatic carbocycles. The zero-order valence-electron chi connectivity index (χ0n) is 11.5. The Balaban J connectivity index is 1.68. The van der Waals surface area contributed by atoms with Crippen LogP contribution in [-0.4, -0.2) is 0 Å². The molecule has 98 valence electrons. The minimum atomic E-state index is 0.586. The van der Waals surface area contributed by atoms with E-state index in [2.05, 4.69) is 24.3 Å². The molecule has 18 heavy (non-hydrogen) atoms. The summed E-state index contributed by atoms with van der Waals surface area (Å²) in [5.41, 5.74) is 0.586. The molecule has 0 heterocycles. The van der Waals surface area contributed by atoms with Crippen LogP contribution in [0.1, 0.15) is 57.8 Å². The van der Waals surface area contributed by atoms with Crippen LogP contribution in [0.15, 0.2) is 24.3 Å². The minimum absolute atomic E-state index is 0.586. The predicted molar refractivity (Wildman–Crippen MR) is 76.2 cm³/mol. The molecule has 4 rings (SSSR count). The van der Waals surface area contributed by atoms with Gasteiger partial charge in [-0.25, -0.2) is 0 Å². The van der Waals surface area contributed by atoms with Crippen LogP contribution in [0.5, 0.6) is 0 Å². The van der Waals surface area contributed by atoms with Crippen LogP contribution in [0, 0.1) is 29.1 Å². The van der Waals surface area contributed by atoms with E-state index in [1.807, 2.05) is 0 Å². The van der Waals surface area contributed by atoms with Crippen LogP contribution in [0.25, 0.3) is 0 Å². The molecule has 0 radical (unpaired) electrons. The first-order chi connectivity index (χ1) is 8.90. The third-order valence-electron chi connectivity index (χ3n) is 6.07. The van der Waals surface area contributed by atoms with Gasteiger partial charge in [0.25, 0.3) is 0 Å². The van der Waals surface area contributed by atoms with Crippen LogP contribution in [0.2, 0.25) is 0 Å². The molecule has 0 aromatic carbocycles. The summed E-state index contributed by atoms with van der Waals surface area (Å²) in [6.45, 7) is 0. The maximum Gasteiger partial charge on any atom is -0.00244 e. The summed E-state index contributed by atoms with van der Waals surface area (Å²) in [5, 5.41) is 0. The van der Waals surface area contributed by atoms with Gasteiger partial charge in [-0.2, -0.15) is 0 Å². The molecule has 0 saturated heterocycles. The molecular formula is C18H26. The Kier molecular flexibility index (Phi) is 2.67. The molecule has 0 heteroatoms. The molecule has 2 fully saturated rings. The monoisotopic (exact) mass is 242 g/mol. The van der Waals surface area contributed by atoms with Gasteiger partial charge in [-0.1, -0.05) is 24.3 Å². The third kappa shape index (κ3) is 1.80. The highest BCUT2D eigenvalue weighted by Gasteiger charge is 2.52. The van der Waals surface area contributed by atoms with Gasteiger partial charge in [-0.05, 0) is 86.9 Å². The highest BCUT2D eigenvalue weighted by atomic mass is 14.6. The molecule has 3 atom stereocenters. The van der Waals surface area contributed by atoms with Crippen molar-refractivity contribution in [3.63, 3.8) is 0 Å². The van der Waals surface area contributed by atoms with Gasteiger partial charge in [-0.15, -0.1) is 0 Å². The Morgan fingerprint density at radius 1 is 0.889 bits per heavy atom. The van der Waals surface area contributed by atoms with Crippen LogP contribution in [-0.2, 0) is 0 Å². The van der Waals surface area contributed by atoms with E-state index >= 15 is 0 Å². The zero-order valence-corrected chi connectivity index (χ0v) is 11.5. The summed E-state index contributed by atoms with van der Waals surface area (Å²) in [7, 11) is 0. The maximum absolute atomic E-state index is 2.67. The lowest BCUT2D eigenvalue weighted by molar-refractivity contribution is 0.120. The smallest absolute Gasteiger partial charge is 0.00244 e. The van der Waals surface area contributed by atoms with Crippen LogP contribution in [0.4, 0.5) is 0 Å². The average molecular weight is 242 g/mol. The summed E-state index contributed by atoms with van der Waals surface area (Å²) >= 11 is 0. The van der Waals surface area contributed by atoms with Gasteiger partial charge in [-0.3, -0.25) is 0 Å². The highest BCUT2D eigenvalue weighted by Crippen LogP contribution is 2.61. The summed E-state index contributed by atoms with van der Waals surface area (Å²) in [4.78, 5) is 0. The largest absolute Gasteiger partial charge is 0.0882 e. The lowest BCUT2D eigenvalue weighted by atomic mass is 9.59. The van der Waals surface area contributed by atoms with Crippen molar-refractivity contribution < 1.29 is 0 Å². The summed E-state index contributed by atoms with van der Waals surface area (Å²) in [5.74, 6) is 4.04. The van der Waals surface area contributed by atoms with E-state index in [-0.39, 0.29) is 0 Å². The van der Waals surface area contributed by atoms with Crippen molar-refractivity contribution >= 4 is 0 Å². The quantitative estimate of drug-likeness (QED) is 0.603.